The molecule has 11 heteroatoms. The molecule has 0 aromatic carbocycles. The Hall–Kier alpha value is -0.830. The first kappa shape index (κ1) is 21.5. The molecule has 2 saturated heterocycles. The van der Waals surface area contributed by atoms with Gasteiger partial charge in [0, 0.05) is 5.75 Å². The Morgan fingerprint density at radius 1 is 1.35 bits per heavy atom. The van der Waals surface area contributed by atoms with Crippen molar-refractivity contribution in [2.24, 2.45) is 0 Å². The van der Waals surface area contributed by atoms with Crippen LogP contribution in [-0.4, -0.2) is 62.1 Å². The summed E-state index contributed by atoms with van der Waals surface area (Å²) in [7, 11) is 0. The summed E-state index contributed by atoms with van der Waals surface area (Å²) in [5.74, 6) is -1.21. The van der Waals surface area contributed by atoms with E-state index in [1.165, 1.54) is 16.7 Å². The second-order valence-electron chi connectivity index (χ2n) is 6.82. The van der Waals surface area contributed by atoms with Crippen LogP contribution in [0, 0.1) is 0 Å². The van der Waals surface area contributed by atoms with Crippen molar-refractivity contribution in [3.63, 3.8) is 0 Å². The molecule has 146 valence electrons. The van der Waals surface area contributed by atoms with Gasteiger partial charge in [-0.1, -0.05) is 29.8 Å². The third kappa shape index (κ3) is 4.71. The third-order valence-corrected chi connectivity index (χ3v) is 5.93. The Labute approximate surface area is 170 Å². The fraction of sp³-hybridized carbons (Fsp3) is 0.667. The molecule has 2 rings (SSSR count). The fourth-order valence-corrected chi connectivity index (χ4v) is 4.00. The van der Waals surface area contributed by atoms with E-state index < -0.39 is 45.5 Å². The zero-order valence-corrected chi connectivity index (χ0v) is 17.5. The number of hydrogen-bond acceptors (Lipinski definition) is 6. The lowest BCUT2D eigenvalue weighted by Crippen LogP contribution is -2.75. The smallest absolute Gasteiger partial charge is 0.408 e. The number of fused-ring (bicyclic) bond motifs is 1. The summed E-state index contributed by atoms with van der Waals surface area (Å²) in [5, 5.41) is 2.08. The molecule has 0 spiro atoms. The van der Waals surface area contributed by atoms with Crippen molar-refractivity contribution in [3.05, 3.63) is 12.2 Å². The zero-order valence-electron chi connectivity index (χ0n) is 14.4. The minimum atomic E-state index is -1.90. The van der Waals surface area contributed by atoms with Crippen LogP contribution < -0.4 is 5.32 Å². The number of ether oxygens (including phenoxy) is 2. The zero-order chi connectivity index (χ0) is 19.9. The Balaban J connectivity index is 2.07. The molecule has 0 bridgehead atoms. The van der Waals surface area contributed by atoms with Crippen molar-refractivity contribution >= 4 is 64.5 Å². The van der Waals surface area contributed by atoms with Gasteiger partial charge in [-0.2, -0.15) is 0 Å². The largest absolute Gasteiger partial charge is 0.444 e. The minimum absolute atomic E-state index is 0.337. The highest BCUT2D eigenvalue weighted by atomic mass is 35.5. The molecule has 3 atom stereocenters. The van der Waals surface area contributed by atoms with E-state index in [2.05, 4.69) is 11.9 Å². The molecule has 0 aromatic heterocycles. The maximum absolute atomic E-state index is 12.5. The van der Waals surface area contributed by atoms with Gasteiger partial charge in [-0.25, -0.2) is 9.59 Å². The molecule has 0 aromatic rings. The van der Waals surface area contributed by atoms with E-state index >= 15 is 0 Å². The number of alkyl halides is 3. The first-order valence-electron chi connectivity index (χ1n) is 7.64. The van der Waals surface area contributed by atoms with Gasteiger partial charge in [-0.15, -0.1) is 23.4 Å². The number of thioether (sulfide) groups is 1. The lowest BCUT2D eigenvalue weighted by atomic mass is 9.99. The molecule has 2 amide bonds. The van der Waals surface area contributed by atoms with Gasteiger partial charge in [0.1, 0.15) is 17.0 Å². The second kappa shape index (κ2) is 7.66. The van der Waals surface area contributed by atoms with Crippen molar-refractivity contribution < 1.29 is 23.9 Å². The summed E-state index contributed by atoms with van der Waals surface area (Å²) in [6.45, 7) is 8.96. The number of nitrogens with zero attached hydrogens (tertiary/aromatic N) is 1. The van der Waals surface area contributed by atoms with E-state index in [1.54, 1.807) is 20.8 Å². The SMILES string of the molecule is C=C1CS[C@@H]2[C@H](NC(=O)OC(C)(C)C)C(=O)N2C1C(=O)OC(Cl)(Cl)CCl. The van der Waals surface area contributed by atoms with Crippen LogP contribution in [0.15, 0.2) is 12.2 Å². The average Bonchev–Trinajstić information content (AvgIpc) is 2.50. The monoisotopic (exact) mass is 444 g/mol. The van der Waals surface area contributed by atoms with Crippen molar-refractivity contribution in [1.82, 2.24) is 10.2 Å². The lowest BCUT2D eigenvalue weighted by Gasteiger charge is -2.52. The number of nitrogens with one attached hydrogen (secondary N) is 1. The molecule has 0 radical (unpaired) electrons. The molecule has 2 aliphatic heterocycles. The summed E-state index contributed by atoms with van der Waals surface area (Å²) in [4.78, 5) is 38.1. The van der Waals surface area contributed by atoms with Crippen LogP contribution in [0.3, 0.4) is 0 Å². The molecular weight excluding hydrogens is 427 g/mol. The van der Waals surface area contributed by atoms with Crippen LogP contribution in [0.25, 0.3) is 0 Å². The van der Waals surface area contributed by atoms with Crippen molar-refractivity contribution in [2.45, 2.75) is 48.3 Å². The van der Waals surface area contributed by atoms with E-state index in [0.29, 0.717) is 11.3 Å². The standard InChI is InChI=1S/C15H19Cl3N2O5S/c1-7-5-26-11-8(19-13(23)25-14(2,3)4)10(21)20(11)9(7)12(22)24-15(17,18)6-16/h8-9,11H,1,5-6H2,2-4H3,(H,19,23)/t8-,9?,11-/m1/s1. The summed E-state index contributed by atoms with van der Waals surface area (Å²) in [6.07, 6.45) is -0.706. The summed E-state index contributed by atoms with van der Waals surface area (Å²) >= 11 is 18.4. The molecule has 7 nitrogen and oxygen atoms in total. The Morgan fingerprint density at radius 2 is 1.96 bits per heavy atom. The first-order chi connectivity index (χ1) is 11.9. The number of β-lactam (4-membered cyclic amide) rings is 1. The van der Waals surface area contributed by atoms with Gasteiger partial charge in [0.15, 0.2) is 6.04 Å². The van der Waals surface area contributed by atoms with Crippen LogP contribution in [0.1, 0.15) is 20.8 Å². The second-order valence-corrected chi connectivity index (χ2v) is 9.61. The highest BCUT2D eigenvalue weighted by molar-refractivity contribution is 8.00. The van der Waals surface area contributed by atoms with Crippen LogP contribution in [0.5, 0.6) is 0 Å². The van der Waals surface area contributed by atoms with Crippen LogP contribution >= 0.6 is 46.6 Å². The van der Waals surface area contributed by atoms with E-state index in [9.17, 15) is 14.4 Å². The first-order valence-corrected chi connectivity index (χ1v) is 9.98. The normalized spacial score (nSPS) is 25.9. The highest BCUT2D eigenvalue weighted by Gasteiger charge is 2.57. The van der Waals surface area contributed by atoms with E-state index in [4.69, 9.17) is 44.3 Å². The van der Waals surface area contributed by atoms with Gasteiger partial charge in [-0.05, 0) is 26.3 Å². The maximum Gasteiger partial charge on any atom is 0.408 e. The summed E-state index contributed by atoms with van der Waals surface area (Å²) in [6, 6.07) is -1.84. The molecule has 0 aliphatic carbocycles. The molecule has 0 saturated carbocycles. The number of esters is 1. The Bertz CT molecular complexity index is 637. The van der Waals surface area contributed by atoms with Gasteiger partial charge >= 0.3 is 12.1 Å². The molecule has 1 N–H and O–H groups in total. The van der Waals surface area contributed by atoms with E-state index in [1.807, 2.05) is 0 Å². The van der Waals surface area contributed by atoms with E-state index in [-0.39, 0.29) is 5.88 Å². The lowest BCUT2D eigenvalue weighted by molar-refractivity contribution is -0.164. The minimum Gasteiger partial charge on any atom is -0.444 e. The number of halogens is 3. The van der Waals surface area contributed by atoms with Gasteiger partial charge in [0.05, 0.1) is 5.88 Å². The third-order valence-electron chi connectivity index (χ3n) is 3.49. The molecule has 2 aliphatic rings. The Kier molecular flexibility index (Phi) is 6.32. The molecule has 2 heterocycles. The van der Waals surface area contributed by atoms with Crippen molar-refractivity contribution in [2.75, 3.05) is 11.6 Å². The quantitative estimate of drug-likeness (QED) is 0.310. The summed E-state index contributed by atoms with van der Waals surface area (Å²) < 4.78 is 8.22. The topological polar surface area (TPSA) is 84.9 Å². The van der Waals surface area contributed by atoms with Crippen LogP contribution in [0.4, 0.5) is 4.79 Å². The maximum atomic E-state index is 12.5. The van der Waals surface area contributed by atoms with Gasteiger partial charge in [-0.3, -0.25) is 4.79 Å². The predicted octanol–water partition coefficient (Wildman–Crippen LogP) is 2.63. The van der Waals surface area contributed by atoms with Gasteiger partial charge < -0.3 is 19.7 Å². The number of hydrogen-bond donors (Lipinski definition) is 1. The number of carbonyl (C=O) groups excluding carboxylic acids is 3. The molecular formula is C15H19Cl3N2O5S. The molecule has 26 heavy (non-hydrogen) atoms. The van der Waals surface area contributed by atoms with Crippen LogP contribution in [0.2, 0.25) is 0 Å². The van der Waals surface area contributed by atoms with Crippen molar-refractivity contribution in [3.8, 4) is 0 Å². The van der Waals surface area contributed by atoms with Crippen molar-refractivity contribution in [1.29, 1.82) is 0 Å². The highest BCUT2D eigenvalue weighted by Crippen LogP contribution is 2.41. The van der Waals surface area contributed by atoms with E-state index in [0.717, 1.165) is 0 Å². The number of amides is 2. The predicted molar refractivity (Wildman–Crippen MR) is 100 cm³/mol. The molecule has 1 unspecified atom stereocenters. The van der Waals surface area contributed by atoms with Gasteiger partial charge in [0.2, 0.25) is 5.91 Å². The average molecular weight is 446 g/mol. The number of rotatable bonds is 4. The number of alkyl carbamates (subject to hydrolysis) is 1. The van der Waals surface area contributed by atoms with Crippen LogP contribution in [-0.2, 0) is 19.1 Å². The van der Waals surface area contributed by atoms with Gasteiger partial charge in [0.25, 0.3) is 4.52 Å². The summed E-state index contributed by atoms with van der Waals surface area (Å²) in [5.41, 5.74) is -0.221. The number of carbonyl (C=O) groups is 3. The fourth-order valence-electron chi connectivity index (χ4n) is 2.48. The Morgan fingerprint density at radius 3 is 2.50 bits per heavy atom. The molecule has 2 fully saturated rings.